The van der Waals surface area contributed by atoms with E-state index in [1.54, 1.807) is 19.3 Å². The maximum absolute atomic E-state index is 11.6. The summed E-state index contributed by atoms with van der Waals surface area (Å²) < 4.78 is 5.17. The Morgan fingerprint density at radius 2 is 2.40 bits per heavy atom. The zero-order valence-corrected chi connectivity index (χ0v) is 9.09. The van der Waals surface area contributed by atoms with Gasteiger partial charge in [0.1, 0.15) is 5.76 Å². The number of amides is 1. The van der Waals surface area contributed by atoms with Crippen molar-refractivity contribution >= 4 is 5.91 Å². The number of furan rings is 1. The van der Waals surface area contributed by atoms with Crippen LogP contribution in [0, 0.1) is 11.8 Å². The van der Waals surface area contributed by atoms with Crippen molar-refractivity contribution in [2.75, 3.05) is 6.54 Å². The van der Waals surface area contributed by atoms with Crippen molar-refractivity contribution in [3.8, 4) is 11.8 Å². The lowest BCUT2D eigenvalue weighted by molar-refractivity contribution is 0.0952. The number of rotatable bonds is 4. The molecule has 0 aliphatic heterocycles. The Hall–Kier alpha value is -1.69. The van der Waals surface area contributed by atoms with Gasteiger partial charge in [0.25, 0.3) is 5.91 Å². The molecule has 0 unspecified atom stereocenters. The summed E-state index contributed by atoms with van der Waals surface area (Å²) in [4.78, 5) is 11.6. The molecule has 0 radical (unpaired) electrons. The number of aryl methyl sites for hydroxylation is 1. The molecule has 0 fully saturated rings. The third-order valence-corrected chi connectivity index (χ3v) is 2.02. The summed E-state index contributed by atoms with van der Waals surface area (Å²) in [5.74, 6) is 6.31. The molecule has 0 aliphatic rings. The van der Waals surface area contributed by atoms with E-state index in [2.05, 4.69) is 17.2 Å². The van der Waals surface area contributed by atoms with E-state index >= 15 is 0 Å². The second-order valence-corrected chi connectivity index (χ2v) is 3.04. The monoisotopic (exact) mass is 205 g/mol. The SMILES string of the molecule is CC#CCCNC(=O)c1ccoc1CC. The lowest BCUT2D eigenvalue weighted by Gasteiger charge is -2.01. The number of nitrogens with one attached hydrogen (secondary N) is 1. The molecular weight excluding hydrogens is 190 g/mol. The second kappa shape index (κ2) is 5.92. The predicted molar refractivity (Wildman–Crippen MR) is 58.5 cm³/mol. The molecule has 0 saturated carbocycles. The Morgan fingerprint density at radius 3 is 3.07 bits per heavy atom. The maximum atomic E-state index is 11.6. The summed E-state index contributed by atoms with van der Waals surface area (Å²) in [6.07, 6.45) is 2.95. The van der Waals surface area contributed by atoms with Crippen LogP contribution in [0.1, 0.15) is 36.4 Å². The Labute approximate surface area is 89.9 Å². The Balaban J connectivity index is 2.49. The fourth-order valence-electron chi connectivity index (χ4n) is 1.28. The second-order valence-electron chi connectivity index (χ2n) is 3.04. The highest BCUT2D eigenvalue weighted by molar-refractivity contribution is 5.95. The average Bonchev–Trinajstić information content (AvgIpc) is 2.72. The van der Waals surface area contributed by atoms with Crippen molar-refractivity contribution in [2.24, 2.45) is 0 Å². The van der Waals surface area contributed by atoms with Crippen molar-refractivity contribution in [3.63, 3.8) is 0 Å². The molecule has 80 valence electrons. The molecule has 0 aliphatic carbocycles. The van der Waals surface area contributed by atoms with Crippen molar-refractivity contribution < 1.29 is 9.21 Å². The first kappa shape index (κ1) is 11.4. The van der Waals surface area contributed by atoms with Gasteiger partial charge in [0, 0.05) is 19.4 Å². The van der Waals surface area contributed by atoms with Crippen molar-refractivity contribution in [3.05, 3.63) is 23.7 Å². The Morgan fingerprint density at radius 1 is 1.60 bits per heavy atom. The third kappa shape index (κ3) is 3.17. The molecule has 1 amide bonds. The Kier molecular flexibility index (Phi) is 4.49. The van der Waals surface area contributed by atoms with Crippen LogP contribution in [0.4, 0.5) is 0 Å². The lowest BCUT2D eigenvalue weighted by atomic mass is 10.2. The fraction of sp³-hybridized carbons (Fsp3) is 0.417. The van der Waals surface area contributed by atoms with Crippen LogP contribution in [0.3, 0.4) is 0 Å². The highest BCUT2D eigenvalue weighted by Crippen LogP contribution is 2.10. The van der Waals surface area contributed by atoms with Crippen LogP contribution in [0.2, 0.25) is 0 Å². The maximum Gasteiger partial charge on any atom is 0.254 e. The molecule has 1 aromatic heterocycles. The van der Waals surface area contributed by atoms with Gasteiger partial charge in [-0.3, -0.25) is 4.79 Å². The Bertz CT molecular complexity index is 382. The molecule has 1 aromatic rings. The topological polar surface area (TPSA) is 42.2 Å². The summed E-state index contributed by atoms with van der Waals surface area (Å²) in [6, 6.07) is 1.69. The molecule has 1 N–H and O–H groups in total. The summed E-state index contributed by atoms with van der Waals surface area (Å²) in [5, 5.41) is 2.79. The van der Waals surface area contributed by atoms with E-state index in [9.17, 15) is 4.79 Å². The minimum absolute atomic E-state index is 0.0847. The summed E-state index contributed by atoms with van der Waals surface area (Å²) in [6.45, 7) is 4.32. The molecule has 3 nitrogen and oxygen atoms in total. The first-order chi connectivity index (χ1) is 7.29. The normalized spacial score (nSPS) is 9.20. The molecule has 1 rings (SSSR count). The van der Waals surface area contributed by atoms with Gasteiger partial charge in [-0.15, -0.1) is 11.8 Å². The minimum atomic E-state index is -0.0847. The van der Waals surface area contributed by atoms with Crippen molar-refractivity contribution in [1.29, 1.82) is 0 Å². The smallest absolute Gasteiger partial charge is 0.254 e. The van der Waals surface area contributed by atoms with Gasteiger partial charge < -0.3 is 9.73 Å². The lowest BCUT2D eigenvalue weighted by Crippen LogP contribution is -2.24. The van der Waals surface area contributed by atoms with Gasteiger partial charge in [-0.2, -0.15) is 0 Å². The predicted octanol–water partition coefficient (Wildman–Crippen LogP) is 1.99. The van der Waals surface area contributed by atoms with Gasteiger partial charge in [-0.1, -0.05) is 6.92 Å². The zero-order chi connectivity index (χ0) is 11.1. The molecule has 3 heteroatoms. The average molecular weight is 205 g/mol. The van der Waals surface area contributed by atoms with Gasteiger partial charge in [-0.25, -0.2) is 0 Å². The molecular formula is C12H15NO2. The van der Waals surface area contributed by atoms with Crippen LogP contribution in [0.25, 0.3) is 0 Å². The zero-order valence-electron chi connectivity index (χ0n) is 9.09. The van der Waals surface area contributed by atoms with E-state index in [0.29, 0.717) is 18.5 Å². The summed E-state index contributed by atoms with van der Waals surface area (Å²) in [5.41, 5.74) is 0.627. The van der Waals surface area contributed by atoms with Gasteiger partial charge in [0.2, 0.25) is 0 Å². The molecule has 0 spiro atoms. The number of hydrogen-bond acceptors (Lipinski definition) is 2. The van der Waals surface area contributed by atoms with Crippen molar-refractivity contribution in [2.45, 2.75) is 26.7 Å². The third-order valence-electron chi connectivity index (χ3n) is 2.02. The number of carbonyl (C=O) groups excluding carboxylic acids is 1. The van der Waals surface area contributed by atoms with Crippen LogP contribution in [-0.4, -0.2) is 12.5 Å². The van der Waals surface area contributed by atoms with Crippen LogP contribution in [0.5, 0.6) is 0 Å². The molecule has 15 heavy (non-hydrogen) atoms. The van der Waals surface area contributed by atoms with Crippen LogP contribution < -0.4 is 5.32 Å². The quantitative estimate of drug-likeness (QED) is 0.603. The van der Waals surface area contributed by atoms with Crippen LogP contribution in [-0.2, 0) is 6.42 Å². The molecule has 0 bridgehead atoms. The molecule has 0 aromatic carbocycles. The summed E-state index contributed by atoms with van der Waals surface area (Å²) >= 11 is 0. The first-order valence-electron chi connectivity index (χ1n) is 5.03. The minimum Gasteiger partial charge on any atom is -0.469 e. The first-order valence-corrected chi connectivity index (χ1v) is 5.03. The standard InChI is InChI=1S/C12H15NO2/c1-3-5-6-8-13-12(14)10-7-9-15-11(10)4-2/h7,9H,4,6,8H2,1-2H3,(H,13,14). The van der Waals surface area contributed by atoms with E-state index < -0.39 is 0 Å². The fourth-order valence-corrected chi connectivity index (χ4v) is 1.28. The van der Waals surface area contributed by atoms with Crippen molar-refractivity contribution in [1.82, 2.24) is 5.32 Å². The van der Waals surface area contributed by atoms with E-state index in [1.165, 1.54) is 0 Å². The van der Waals surface area contributed by atoms with E-state index in [1.807, 2.05) is 6.92 Å². The summed E-state index contributed by atoms with van der Waals surface area (Å²) in [7, 11) is 0. The molecule has 0 atom stereocenters. The van der Waals surface area contributed by atoms with E-state index in [-0.39, 0.29) is 5.91 Å². The van der Waals surface area contributed by atoms with E-state index in [0.717, 1.165) is 12.2 Å². The highest BCUT2D eigenvalue weighted by Gasteiger charge is 2.11. The van der Waals surface area contributed by atoms with Gasteiger partial charge >= 0.3 is 0 Å². The van der Waals surface area contributed by atoms with Gasteiger partial charge in [-0.05, 0) is 13.0 Å². The number of hydrogen-bond donors (Lipinski definition) is 1. The largest absolute Gasteiger partial charge is 0.469 e. The van der Waals surface area contributed by atoms with Gasteiger partial charge in [0.05, 0.1) is 11.8 Å². The van der Waals surface area contributed by atoms with E-state index in [4.69, 9.17) is 4.42 Å². The highest BCUT2D eigenvalue weighted by atomic mass is 16.3. The number of carbonyl (C=O) groups is 1. The van der Waals surface area contributed by atoms with Crippen LogP contribution in [0.15, 0.2) is 16.7 Å². The molecule has 1 heterocycles. The van der Waals surface area contributed by atoms with Gasteiger partial charge in [0.15, 0.2) is 0 Å². The molecule has 0 saturated heterocycles. The van der Waals surface area contributed by atoms with Crippen LogP contribution >= 0.6 is 0 Å².